The molecule has 32 heavy (non-hydrogen) atoms. The summed E-state index contributed by atoms with van der Waals surface area (Å²) in [5.74, 6) is -0.454. The maximum absolute atomic E-state index is 14.3. The van der Waals surface area contributed by atoms with Crippen LogP contribution >= 0.6 is 0 Å². The molecule has 0 amide bonds. The summed E-state index contributed by atoms with van der Waals surface area (Å²) in [7, 11) is 0. The van der Waals surface area contributed by atoms with E-state index in [2.05, 4.69) is 10.1 Å². The molecular formula is C23H27F4N3O2. The number of ether oxygens (including phenoxy) is 1. The molecule has 1 atom stereocenters. The van der Waals surface area contributed by atoms with E-state index in [1.165, 1.54) is 6.07 Å². The summed E-state index contributed by atoms with van der Waals surface area (Å²) in [5.41, 5.74) is 1.59. The number of oxime groups is 1. The van der Waals surface area contributed by atoms with Gasteiger partial charge in [-0.25, -0.2) is 4.39 Å². The Balaban J connectivity index is 1.59. The number of halogens is 4. The van der Waals surface area contributed by atoms with E-state index in [0.717, 1.165) is 0 Å². The Morgan fingerprint density at radius 1 is 1.06 bits per heavy atom. The van der Waals surface area contributed by atoms with Crippen molar-refractivity contribution in [3.05, 3.63) is 59.9 Å². The number of nitrogens with zero attached hydrogens (tertiary/aromatic N) is 3. The van der Waals surface area contributed by atoms with Gasteiger partial charge in [0.1, 0.15) is 11.6 Å². The van der Waals surface area contributed by atoms with E-state index >= 15 is 0 Å². The van der Waals surface area contributed by atoms with Crippen molar-refractivity contribution in [3.63, 3.8) is 0 Å². The molecule has 1 N–H and O–H groups in total. The SMILES string of the molecule is C/C(=N/O)C(CCN1CCN(c2ccccc2OCC(F)(F)F)CC1)c1ccccc1F. The molecule has 174 valence electrons. The van der Waals surface area contributed by atoms with Crippen LogP contribution in [0.5, 0.6) is 5.75 Å². The van der Waals surface area contributed by atoms with Crippen molar-refractivity contribution in [2.45, 2.75) is 25.4 Å². The molecular weight excluding hydrogens is 426 g/mol. The van der Waals surface area contributed by atoms with Crippen LogP contribution in [0.3, 0.4) is 0 Å². The molecule has 2 aromatic carbocycles. The van der Waals surface area contributed by atoms with E-state index in [1.54, 1.807) is 49.4 Å². The third-order valence-electron chi connectivity index (χ3n) is 5.65. The molecule has 1 unspecified atom stereocenters. The highest BCUT2D eigenvalue weighted by Crippen LogP contribution is 2.31. The topological polar surface area (TPSA) is 48.3 Å². The van der Waals surface area contributed by atoms with E-state index in [4.69, 9.17) is 4.74 Å². The first-order valence-electron chi connectivity index (χ1n) is 10.5. The number of piperazine rings is 1. The van der Waals surface area contributed by atoms with E-state index in [0.29, 0.717) is 56.1 Å². The molecule has 5 nitrogen and oxygen atoms in total. The molecule has 2 aromatic rings. The summed E-state index contributed by atoms with van der Waals surface area (Å²) in [6, 6.07) is 13.2. The summed E-state index contributed by atoms with van der Waals surface area (Å²) in [6.45, 7) is 3.68. The zero-order valence-electron chi connectivity index (χ0n) is 17.9. The smallest absolute Gasteiger partial charge is 0.422 e. The number of para-hydroxylation sites is 2. The normalized spacial score (nSPS) is 16.8. The van der Waals surface area contributed by atoms with Crippen LogP contribution in [0.15, 0.2) is 53.7 Å². The number of rotatable bonds is 8. The lowest BCUT2D eigenvalue weighted by Gasteiger charge is -2.37. The minimum atomic E-state index is -4.39. The van der Waals surface area contributed by atoms with Crippen LogP contribution in [0.1, 0.15) is 24.8 Å². The Hall–Kier alpha value is -2.81. The summed E-state index contributed by atoms with van der Waals surface area (Å²) >= 11 is 0. The van der Waals surface area contributed by atoms with Crippen LogP contribution in [0.4, 0.5) is 23.2 Å². The number of benzene rings is 2. The molecule has 0 spiro atoms. The summed E-state index contributed by atoms with van der Waals surface area (Å²) in [5, 5.41) is 12.5. The van der Waals surface area contributed by atoms with E-state index < -0.39 is 12.8 Å². The molecule has 1 heterocycles. The van der Waals surface area contributed by atoms with Gasteiger partial charge in [0, 0.05) is 32.1 Å². The van der Waals surface area contributed by atoms with E-state index in [1.807, 2.05) is 4.90 Å². The Morgan fingerprint density at radius 2 is 1.72 bits per heavy atom. The third-order valence-corrected chi connectivity index (χ3v) is 5.65. The Kier molecular flexibility index (Phi) is 7.95. The molecule has 1 fully saturated rings. The molecule has 0 aliphatic carbocycles. The van der Waals surface area contributed by atoms with Gasteiger partial charge in [-0.3, -0.25) is 4.90 Å². The standard InChI is InChI=1S/C23H27F4N3O2/c1-17(28-31)18(19-6-2-3-7-20(19)24)10-11-29-12-14-30(15-13-29)21-8-4-5-9-22(21)32-16-23(25,26)27/h2-9,18,31H,10-16H2,1H3/b28-17-. The first-order chi connectivity index (χ1) is 15.3. The fourth-order valence-corrected chi connectivity index (χ4v) is 3.94. The van der Waals surface area contributed by atoms with Crippen molar-refractivity contribution in [1.82, 2.24) is 4.90 Å². The molecule has 1 saturated heterocycles. The molecule has 1 aliphatic rings. The van der Waals surface area contributed by atoms with Crippen molar-refractivity contribution in [1.29, 1.82) is 0 Å². The molecule has 0 radical (unpaired) electrons. The minimum Gasteiger partial charge on any atom is -0.482 e. The van der Waals surface area contributed by atoms with Crippen LogP contribution < -0.4 is 9.64 Å². The highest BCUT2D eigenvalue weighted by Gasteiger charge is 2.29. The van der Waals surface area contributed by atoms with Crippen LogP contribution in [-0.4, -0.2) is 61.3 Å². The first kappa shape index (κ1) is 23.8. The van der Waals surface area contributed by atoms with Crippen LogP contribution in [0, 0.1) is 5.82 Å². The predicted octanol–water partition coefficient (Wildman–Crippen LogP) is 4.91. The van der Waals surface area contributed by atoms with Gasteiger partial charge in [0.05, 0.1) is 11.4 Å². The zero-order valence-corrected chi connectivity index (χ0v) is 17.9. The number of hydrogen-bond acceptors (Lipinski definition) is 5. The first-order valence-corrected chi connectivity index (χ1v) is 10.5. The number of anilines is 1. The van der Waals surface area contributed by atoms with Crippen molar-refractivity contribution in [2.24, 2.45) is 5.16 Å². The van der Waals surface area contributed by atoms with Crippen LogP contribution in [-0.2, 0) is 0 Å². The van der Waals surface area contributed by atoms with Gasteiger partial charge in [-0.2, -0.15) is 13.2 Å². The molecule has 0 saturated carbocycles. The maximum Gasteiger partial charge on any atom is 0.422 e. The fraction of sp³-hybridized carbons (Fsp3) is 0.435. The lowest BCUT2D eigenvalue weighted by Crippen LogP contribution is -2.47. The second-order valence-corrected chi connectivity index (χ2v) is 7.80. The number of alkyl halides is 3. The monoisotopic (exact) mass is 453 g/mol. The van der Waals surface area contributed by atoms with Crippen LogP contribution in [0.25, 0.3) is 0 Å². The summed E-state index contributed by atoms with van der Waals surface area (Å²) < 4.78 is 56.9. The average Bonchev–Trinajstić information content (AvgIpc) is 2.79. The lowest BCUT2D eigenvalue weighted by atomic mass is 9.91. The van der Waals surface area contributed by atoms with Crippen molar-refractivity contribution in [3.8, 4) is 5.75 Å². The van der Waals surface area contributed by atoms with Crippen LogP contribution in [0.2, 0.25) is 0 Å². The highest BCUT2D eigenvalue weighted by atomic mass is 19.4. The Bertz CT molecular complexity index is 912. The Morgan fingerprint density at radius 3 is 2.38 bits per heavy atom. The quantitative estimate of drug-likeness (QED) is 0.267. The maximum atomic E-state index is 14.3. The van der Waals surface area contributed by atoms with Gasteiger partial charge in [0.25, 0.3) is 0 Å². The minimum absolute atomic E-state index is 0.215. The molecule has 9 heteroatoms. The second kappa shape index (κ2) is 10.7. The van der Waals surface area contributed by atoms with Gasteiger partial charge < -0.3 is 14.8 Å². The van der Waals surface area contributed by atoms with E-state index in [9.17, 15) is 22.8 Å². The summed E-state index contributed by atoms with van der Waals surface area (Å²) in [6.07, 6.45) is -3.81. The summed E-state index contributed by atoms with van der Waals surface area (Å²) in [4.78, 5) is 4.23. The fourth-order valence-electron chi connectivity index (χ4n) is 3.94. The van der Waals surface area contributed by atoms with Gasteiger partial charge in [-0.1, -0.05) is 35.5 Å². The Labute approximate surface area is 184 Å². The van der Waals surface area contributed by atoms with Crippen molar-refractivity contribution >= 4 is 11.4 Å². The van der Waals surface area contributed by atoms with Gasteiger partial charge in [-0.05, 0) is 43.7 Å². The molecule has 3 rings (SSSR count). The molecule has 1 aliphatic heterocycles. The highest BCUT2D eigenvalue weighted by molar-refractivity contribution is 5.88. The third kappa shape index (κ3) is 6.35. The van der Waals surface area contributed by atoms with Gasteiger partial charge >= 0.3 is 6.18 Å². The van der Waals surface area contributed by atoms with Crippen molar-refractivity contribution in [2.75, 3.05) is 44.2 Å². The van der Waals surface area contributed by atoms with Gasteiger partial charge in [-0.15, -0.1) is 0 Å². The second-order valence-electron chi connectivity index (χ2n) is 7.80. The number of hydrogen-bond donors (Lipinski definition) is 1. The average molecular weight is 453 g/mol. The van der Waals surface area contributed by atoms with Crippen molar-refractivity contribution < 1.29 is 27.5 Å². The van der Waals surface area contributed by atoms with E-state index in [-0.39, 0.29) is 17.5 Å². The zero-order chi connectivity index (χ0) is 23.1. The largest absolute Gasteiger partial charge is 0.482 e. The van der Waals surface area contributed by atoms with Gasteiger partial charge in [0.15, 0.2) is 6.61 Å². The van der Waals surface area contributed by atoms with Gasteiger partial charge in [0.2, 0.25) is 0 Å². The molecule has 0 aromatic heterocycles. The molecule has 0 bridgehead atoms. The lowest BCUT2D eigenvalue weighted by molar-refractivity contribution is -0.153. The predicted molar refractivity (Wildman–Crippen MR) is 115 cm³/mol.